The van der Waals surface area contributed by atoms with Gasteiger partial charge < -0.3 is 11.1 Å². The molecule has 1 amide bonds. The molecule has 0 saturated heterocycles. The number of benzene rings is 1. The Kier molecular flexibility index (Phi) is 3.79. The van der Waals surface area contributed by atoms with Crippen molar-refractivity contribution in [2.24, 2.45) is 11.7 Å². The SMILES string of the molecule is CC(N)c1ccc(NC(=O)CC2CCC2)cc1. The first-order chi connectivity index (χ1) is 8.15. The van der Waals surface area contributed by atoms with Crippen molar-refractivity contribution in [2.75, 3.05) is 5.32 Å². The van der Waals surface area contributed by atoms with E-state index < -0.39 is 0 Å². The fourth-order valence-corrected chi connectivity index (χ4v) is 2.04. The maximum atomic E-state index is 11.7. The summed E-state index contributed by atoms with van der Waals surface area (Å²) in [6.45, 7) is 1.95. The van der Waals surface area contributed by atoms with Gasteiger partial charge in [-0.2, -0.15) is 0 Å². The van der Waals surface area contributed by atoms with Crippen LogP contribution in [0.4, 0.5) is 5.69 Å². The summed E-state index contributed by atoms with van der Waals surface area (Å²) in [6.07, 6.45) is 4.35. The fourth-order valence-electron chi connectivity index (χ4n) is 2.04. The maximum Gasteiger partial charge on any atom is 0.224 e. The van der Waals surface area contributed by atoms with Gasteiger partial charge in [-0.1, -0.05) is 18.6 Å². The number of carbonyl (C=O) groups excluding carboxylic acids is 1. The van der Waals surface area contributed by atoms with Crippen molar-refractivity contribution in [2.45, 2.75) is 38.6 Å². The average molecular weight is 232 g/mol. The smallest absolute Gasteiger partial charge is 0.224 e. The molecular formula is C14H20N2O. The molecule has 2 rings (SSSR count). The molecule has 1 fully saturated rings. The molecular weight excluding hydrogens is 212 g/mol. The van der Waals surface area contributed by atoms with E-state index in [-0.39, 0.29) is 11.9 Å². The molecule has 0 heterocycles. The van der Waals surface area contributed by atoms with Gasteiger partial charge in [0, 0.05) is 18.2 Å². The van der Waals surface area contributed by atoms with Gasteiger partial charge in [-0.15, -0.1) is 0 Å². The molecule has 0 spiro atoms. The monoisotopic (exact) mass is 232 g/mol. The fraction of sp³-hybridized carbons (Fsp3) is 0.500. The van der Waals surface area contributed by atoms with E-state index in [1.807, 2.05) is 31.2 Å². The van der Waals surface area contributed by atoms with Crippen molar-refractivity contribution in [3.8, 4) is 0 Å². The molecule has 1 aliphatic rings. The van der Waals surface area contributed by atoms with Crippen LogP contribution in [0.25, 0.3) is 0 Å². The Hall–Kier alpha value is -1.35. The largest absolute Gasteiger partial charge is 0.326 e. The summed E-state index contributed by atoms with van der Waals surface area (Å²) >= 11 is 0. The van der Waals surface area contributed by atoms with Crippen molar-refractivity contribution in [3.05, 3.63) is 29.8 Å². The zero-order valence-electron chi connectivity index (χ0n) is 10.3. The first-order valence-electron chi connectivity index (χ1n) is 6.30. The molecule has 0 bridgehead atoms. The minimum Gasteiger partial charge on any atom is -0.326 e. The molecule has 1 unspecified atom stereocenters. The van der Waals surface area contributed by atoms with Crippen molar-refractivity contribution in [3.63, 3.8) is 0 Å². The van der Waals surface area contributed by atoms with E-state index in [4.69, 9.17) is 5.73 Å². The number of nitrogens with one attached hydrogen (secondary N) is 1. The van der Waals surface area contributed by atoms with Crippen molar-refractivity contribution in [1.82, 2.24) is 0 Å². The van der Waals surface area contributed by atoms with Crippen molar-refractivity contribution < 1.29 is 4.79 Å². The summed E-state index contributed by atoms with van der Waals surface area (Å²) in [5, 5.41) is 2.93. The topological polar surface area (TPSA) is 55.1 Å². The number of hydrogen-bond acceptors (Lipinski definition) is 2. The van der Waals surface area contributed by atoms with E-state index in [0.29, 0.717) is 12.3 Å². The zero-order valence-corrected chi connectivity index (χ0v) is 10.3. The maximum absolute atomic E-state index is 11.7. The van der Waals surface area contributed by atoms with Crippen molar-refractivity contribution in [1.29, 1.82) is 0 Å². The number of hydrogen-bond donors (Lipinski definition) is 2. The van der Waals surface area contributed by atoms with Gasteiger partial charge in [0.1, 0.15) is 0 Å². The van der Waals surface area contributed by atoms with Crippen LogP contribution in [0.2, 0.25) is 0 Å². The summed E-state index contributed by atoms with van der Waals surface area (Å²) in [7, 11) is 0. The number of anilines is 1. The highest BCUT2D eigenvalue weighted by Crippen LogP contribution is 2.29. The summed E-state index contributed by atoms with van der Waals surface area (Å²) in [6, 6.07) is 7.79. The van der Waals surface area contributed by atoms with Crippen LogP contribution in [-0.4, -0.2) is 5.91 Å². The summed E-state index contributed by atoms with van der Waals surface area (Å²) < 4.78 is 0. The molecule has 0 aromatic heterocycles. The standard InChI is InChI=1S/C14H20N2O/c1-10(15)12-5-7-13(8-6-12)16-14(17)9-11-3-2-4-11/h5-8,10-11H,2-4,9,15H2,1H3,(H,16,17). The van der Waals surface area contributed by atoms with Crippen LogP contribution in [0.5, 0.6) is 0 Å². The van der Waals surface area contributed by atoms with Crippen LogP contribution >= 0.6 is 0 Å². The molecule has 0 aliphatic heterocycles. The van der Waals surface area contributed by atoms with Gasteiger partial charge in [0.15, 0.2) is 0 Å². The summed E-state index contributed by atoms with van der Waals surface area (Å²) in [5.41, 5.74) is 7.71. The van der Waals surface area contributed by atoms with Gasteiger partial charge in [-0.05, 0) is 43.4 Å². The molecule has 3 heteroatoms. The van der Waals surface area contributed by atoms with Crippen LogP contribution in [0.3, 0.4) is 0 Å². The Morgan fingerprint density at radius 1 is 1.41 bits per heavy atom. The molecule has 1 atom stereocenters. The molecule has 3 N–H and O–H groups in total. The Balaban J connectivity index is 1.87. The first-order valence-corrected chi connectivity index (χ1v) is 6.30. The van der Waals surface area contributed by atoms with Gasteiger partial charge in [0.25, 0.3) is 0 Å². The van der Waals surface area contributed by atoms with Crippen molar-refractivity contribution >= 4 is 11.6 Å². The van der Waals surface area contributed by atoms with Gasteiger partial charge >= 0.3 is 0 Å². The lowest BCUT2D eigenvalue weighted by Gasteiger charge is -2.24. The van der Waals surface area contributed by atoms with Crippen LogP contribution < -0.4 is 11.1 Å². The highest BCUT2D eigenvalue weighted by atomic mass is 16.1. The van der Waals surface area contributed by atoms with Gasteiger partial charge in [-0.3, -0.25) is 4.79 Å². The second-order valence-electron chi connectivity index (χ2n) is 4.96. The molecule has 3 nitrogen and oxygen atoms in total. The number of rotatable bonds is 4. The third-order valence-corrected chi connectivity index (χ3v) is 3.42. The van der Waals surface area contributed by atoms with Crippen LogP contribution in [0, 0.1) is 5.92 Å². The third-order valence-electron chi connectivity index (χ3n) is 3.42. The molecule has 92 valence electrons. The van der Waals surface area contributed by atoms with E-state index in [9.17, 15) is 4.79 Å². The van der Waals surface area contributed by atoms with Crippen LogP contribution in [-0.2, 0) is 4.79 Å². The lowest BCUT2D eigenvalue weighted by molar-refractivity contribution is -0.117. The van der Waals surface area contributed by atoms with E-state index in [1.165, 1.54) is 19.3 Å². The minimum atomic E-state index is 0.0368. The summed E-state index contributed by atoms with van der Waals surface area (Å²) in [5.74, 6) is 0.738. The molecule has 1 aliphatic carbocycles. The van der Waals surface area contributed by atoms with Crippen LogP contribution in [0.1, 0.15) is 44.2 Å². The Bertz CT molecular complexity index is 380. The van der Waals surface area contributed by atoms with Crippen LogP contribution in [0.15, 0.2) is 24.3 Å². The predicted molar refractivity (Wildman–Crippen MR) is 69.6 cm³/mol. The zero-order chi connectivity index (χ0) is 12.3. The third kappa shape index (κ3) is 3.30. The minimum absolute atomic E-state index is 0.0368. The lowest BCUT2D eigenvalue weighted by Crippen LogP contribution is -2.20. The van der Waals surface area contributed by atoms with E-state index >= 15 is 0 Å². The van der Waals surface area contributed by atoms with Gasteiger partial charge in [-0.25, -0.2) is 0 Å². The highest BCUT2D eigenvalue weighted by molar-refractivity contribution is 5.90. The number of amides is 1. The quantitative estimate of drug-likeness (QED) is 0.838. The first kappa shape index (κ1) is 12.1. The second-order valence-corrected chi connectivity index (χ2v) is 4.96. The van der Waals surface area contributed by atoms with E-state index in [1.54, 1.807) is 0 Å². The second kappa shape index (κ2) is 5.32. The number of carbonyl (C=O) groups is 1. The Morgan fingerprint density at radius 3 is 2.53 bits per heavy atom. The summed E-state index contributed by atoms with van der Waals surface area (Å²) in [4.78, 5) is 11.7. The average Bonchev–Trinajstić information content (AvgIpc) is 2.24. The van der Waals surface area contributed by atoms with E-state index in [2.05, 4.69) is 5.32 Å². The molecule has 1 saturated carbocycles. The van der Waals surface area contributed by atoms with Gasteiger partial charge in [0.2, 0.25) is 5.91 Å². The lowest BCUT2D eigenvalue weighted by atomic mass is 9.83. The normalized spacial score (nSPS) is 17.3. The molecule has 17 heavy (non-hydrogen) atoms. The molecule has 1 aromatic rings. The number of nitrogens with two attached hydrogens (primary N) is 1. The Labute approximate surface area is 102 Å². The predicted octanol–water partition coefficient (Wildman–Crippen LogP) is 2.84. The highest BCUT2D eigenvalue weighted by Gasteiger charge is 2.20. The molecule has 1 aromatic carbocycles. The molecule has 0 radical (unpaired) electrons. The van der Waals surface area contributed by atoms with Gasteiger partial charge in [0.05, 0.1) is 0 Å². The Morgan fingerprint density at radius 2 is 2.06 bits per heavy atom. The van der Waals surface area contributed by atoms with E-state index in [0.717, 1.165) is 11.3 Å².